The molecule has 5 atom stereocenters. The standard InChI is InChI=1S/C36H49N5O7/c1-35(2,3)48-33(45)38-28-14-8-6-4-5-7-13-26-18-36(26,32(44)37-19-23-15-16-23)39-30(42)29-17-27(22-41(29)31(28)43)47-34(46)40-20-24-11-9-10-12-25(24)21-40/h7,9-13,23,26-29H,4-6,8,14-22H2,1-3H3,(H,37,44)(H,38,45)(H,39,42)/b13-7-/t26-,27-,28+,29?,36-/m1/s1. The smallest absolute Gasteiger partial charge is 0.410 e. The van der Waals surface area contributed by atoms with Gasteiger partial charge < -0.3 is 30.3 Å². The Morgan fingerprint density at radius 2 is 1.75 bits per heavy atom. The predicted molar refractivity (Wildman–Crippen MR) is 176 cm³/mol. The molecule has 48 heavy (non-hydrogen) atoms. The fourth-order valence-electron chi connectivity index (χ4n) is 7.01. The molecule has 3 aliphatic heterocycles. The minimum Gasteiger partial charge on any atom is -0.444 e. The first kappa shape index (κ1) is 33.8. The van der Waals surface area contributed by atoms with E-state index in [2.05, 4.69) is 22.0 Å². The van der Waals surface area contributed by atoms with Crippen molar-refractivity contribution in [2.45, 2.75) is 121 Å². The molecule has 6 rings (SSSR count). The number of carbonyl (C=O) groups is 5. The van der Waals surface area contributed by atoms with E-state index in [1.54, 1.807) is 25.7 Å². The predicted octanol–water partition coefficient (Wildman–Crippen LogP) is 3.92. The summed E-state index contributed by atoms with van der Waals surface area (Å²) in [6.07, 6.45) is 8.40. The van der Waals surface area contributed by atoms with Gasteiger partial charge in [0, 0.05) is 32.0 Å². The molecular formula is C36H49N5O7. The van der Waals surface area contributed by atoms with Gasteiger partial charge in [0.1, 0.15) is 29.3 Å². The maximum atomic E-state index is 14.3. The Morgan fingerprint density at radius 1 is 1.02 bits per heavy atom. The molecule has 2 aliphatic carbocycles. The van der Waals surface area contributed by atoms with Crippen LogP contribution in [0.15, 0.2) is 36.4 Å². The van der Waals surface area contributed by atoms with Gasteiger partial charge in [-0.2, -0.15) is 0 Å². The van der Waals surface area contributed by atoms with Crippen LogP contribution in [0.2, 0.25) is 0 Å². The fraction of sp³-hybridized carbons (Fsp3) is 0.639. The highest BCUT2D eigenvalue weighted by Crippen LogP contribution is 2.46. The Balaban J connectivity index is 1.22. The van der Waals surface area contributed by atoms with Crippen molar-refractivity contribution < 1.29 is 33.4 Å². The number of benzene rings is 1. The molecule has 12 heteroatoms. The van der Waals surface area contributed by atoms with E-state index in [0.29, 0.717) is 44.8 Å². The molecule has 0 bridgehead atoms. The lowest BCUT2D eigenvalue weighted by Crippen LogP contribution is -2.58. The van der Waals surface area contributed by atoms with Gasteiger partial charge in [-0.15, -0.1) is 0 Å². The zero-order valence-corrected chi connectivity index (χ0v) is 28.3. The van der Waals surface area contributed by atoms with Crippen molar-refractivity contribution in [3.8, 4) is 0 Å². The molecule has 3 N–H and O–H groups in total. The van der Waals surface area contributed by atoms with E-state index in [1.165, 1.54) is 4.90 Å². The van der Waals surface area contributed by atoms with E-state index in [4.69, 9.17) is 9.47 Å². The van der Waals surface area contributed by atoms with Gasteiger partial charge in [-0.1, -0.05) is 49.3 Å². The second-order valence-electron chi connectivity index (χ2n) is 15.1. The maximum Gasteiger partial charge on any atom is 0.410 e. The molecule has 1 aromatic carbocycles. The van der Waals surface area contributed by atoms with Crippen molar-refractivity contribution in [1.82, 2.24) is 25.8 Å². The highest BCUT2D eigenvalue weighted by Gasteiger charge is 2.61. The van der Waals surface area contributed by atoms with Crippen LogP contribution in [-0.2, 0) is 36.9 Å². The molecule has 260 valence electrons. The molecule has 0 aromatic heterocycles. The lowest BCUT2D eigenvalue weighted by molar-refractivity contribution is -0.141. The van der Waals surface area contributed by atoms with Gasteiger partial charge in [-0.05, 0) is 76.3 Å². The molecule has 0 spiro atoms. The van der Waals surface area contributed by atoms with E-state index >= 15 is 0 Å². The van der Waals surface area contributed by atoms with E-state index in [9.17, 15) is 24.0 Å². The zero-order chi connectivity index (χ0) is 34.1. The first-order valence-electron chi connectivity index (χ1n) is 17.5. The largest absolute Gasteiger partial charge is 0.444 e. The molecule has 2 saturated carbocycles. The van der Waals surface area contributed by atoms with Gasteiger partial charge in [-0.3, -0.25) is 19.3 Å². The maximum absolute atomic E-state index is 14.3. The monoisotopic (exact) mass is 663 g/mol. The van der Waals surface area contributed by atoms with Crippen LogP contribution < -0.4 is 16.0 Å². The van der Waals surface area contributed by atoms with Gasteiger partial charge in [-0.25, -0.2) is 9.59 Å². The Morgan fingerprint density at radius 3 is 2.44 bits per heavy atom. The Kier molecular flexibility index (Phi) is 9.71. The van der Waals surface area contributed by atoms with Gasteiger partial charge >= 0.3 is 12.2 Å². The van der Waals surface area contributed by atoms with Crippen LogP contribution >= 0.6 is 0 Å². The highest BCUT2D eigenvalue weighted by molar-refractivity contribution is 5.98. The van der Waals surface area contributed by atoms with Crippen molar-refractivity contribution in [2.24, 2.45) is 11.8 Å². The number of alkyl carbamates (subject to hydrolysis) is 1. The molecule has 5 aliphatic rings. The summed E-state index contributed by atoms with van der Waals surface area (Å²) in [5.41, 5.74) is 0.246. The Bertz CT molecular complexity index is 1430. The molecular weight excluding hydrogens is 614 g/mol. The van der Waals surface area contributed by atoms with Gasteiger partial charge in [0.15, 0.2) is 0 Å². The number of carbonyl (C=O) groups excluding carboxylic acids is 5. The van der Waals surface area contributed by atoms with Crippen LogP contribution in [0.1, 0.15) is 89.7 Å². The summed E-state index contributed by atoms with van der Waals surface area (Å²) in [5.74, 6) is -0.797. The number of hydrogen-bond acceptors (Lipinski definition) is 7. The molecule has 5 amide bonds. The second-order valence-corrected chi connectivity index (χ2v) is 15.1. The SMILES string of the molecule is CC(C)(C)OC(=O)N[C@H]1CCCCC/C=C\[C@@H]2C[C@@]2(C(=O)NCC2CC2)NC(=O)C2C[C@@H](OC(=O)N3Cc4ccccc4C3)CN2C1=O. The minimum atomic E-state index is -1.10. The van der Waals surface area contributed by atoms with Crippen molar-refractivity contribution in [2.75, 3.05) is 13.1 Å². The molecule has 3 fully saturated rings. The molecule has 1 aromatic rings. The summed E-state index contributed by atoms with van der Waals surface area (Å²) in [7, 11) is 0. The van der Waals surface area contributed by atoms with Gasteiger partial charge in [0.25, 0.3) is 0 Å². The molecule has 1 unspecified atom stereocenters. The molecule has 3 heterocycles. The van der Waals surface area contributed by atoms with Crippen molar-refractivity contribution >= 4 is 29.9 Å². The van der Waals surface area contributed by atoms with Crippen LogP contribution in [-0.4, -0.2) is 82.1 Å². The summed E-state index contributed by atoms with van der Waals surface area (Å²) < 4.78 is 11.4. The van der Waals surface area contributed by atoms with E-state index in [-0.39, 0.29) is 24.8 Å². The second kappa shape index (κ2) is 13.8. The summed E-state index contributed by atoms with van der Waals surface area (Å²) in [5, 5.41) is 8.84. The third-order valence-electron chi connectivity index (χ3n) is 9.95. The Labute approximate surface area is 282 Å². The van der Waals surface area contributed by atoms with Crippen molar-refractivity contribution in [3.63, 3.8) is 0 Å². The summed E-state index contributed by atoms with van der Waals surface area (Å²) in [6.45, 7) is 6.65. The number of nitrogens with zero attached hydrogens (tertiary/aromatic N) is 2. The van der Waals surface area contributed by atoms with Crippen LogP contribution in [0.3, 0.4) is 0 Å². The lowest BCUT2D eigenvalue weighted by atomic mass is 10.0. The number of ether oxygens (including phenoxy) is 2. The summed E-state index contributed by atoms with van der Waals surface area (Å²) in [4.78, 5) is 71.2. The topological polar surface area (TPSA) is 146 Å². The lowest BCUT2D eigenvalue weighted by Gasteiger charge is -2.30. The first-order chi connectivity index (χ1) is 22.9. The summed E-state index contributed by atoms with van der Waals surface area (Å²) in [6, 6.07) is 5.88. The van der Waals surface area contributed by atoms with Gasteiger partial charge in [0.2, 0.25) is 17.7 Å². The zero-order valence-electron chi connectivity index (χ0n) is 28.3. The van der Waals surface area contributed by atoms with Gasteiger partial charge in [0.05, 0.1) is 6.54 Å². The number of allylic oxidation sites excluding steroid dienone is 1. The number of nitrogens with one attached hydrogen (secondary N) is 3. The third-order valence-corrected chi connectivity index (χ3v) is 9.95. The number of hydrogen-bond donors (Lipinski definition) is 3. The first-order valence-corrected chi connectivity index (χ1v) is 17.5. The van der Waals surface area contributed by atoms with Crippen LogP contribution in [0.5, 0.6) is 0 Å². The molecule has 0 radical (unpaired) electrons. The van der Waals surface area contributed by atoms with Crippen molar-refractivity contribution in [3.05, 3.63) is 47.5 Å². The number of rotatable bonds is 5. The van der Waals surface area contributed by atoms with E-state index in [0.717, 1.165) is 43.2 Å². The van der Waals surface area contributed by atoms with Crippen LogP contribution in [0.4, 0.5) is 9.59 Å². The van der Waals surface area contributed by atoms with Crippen LogP contribution in [0, 0.1) is 11.8 Å². The van der Waals surface area contributed by atoms with Crippen molar-refractivity contribution in [1.29, 1.82) is 0 Å². The quantitative estimate of drug-likeness (QED) is 0.405. The minimum absolute atomic E-state index is 0.0137. The Hall–Kier alpha value is -4.09. The molecule has 1 saturated heterocycles. The average Bonchev–Trinajstić information content (AvgIpc) is 3.89. The van der Waals surface area contributed by atoms with E-state index in [1.807, 2.05) is 30.3 Å². The van der Waals surface area contributed by atoms with Crippen LogP contribution in [0.25, 0.3) is 0 Å². The van der Waals surface area contributed by atoms with E-state index < -0.39 is 53.3 Å². The fourth-order valence-corrected chi connectivity index (χ4v) is 7.01. The number of amides is 5. The number of fused-ring (bicyclic) bond motifs is 3. The molecule has 12 nitrogen and oxygen atoms in total. The highest BCUT2D eigenvalue weighted by atomic mass is 16.6. The normalized spacial score (nSPS) is 29.6. The third kappa shape index (κ3) is 7.95. The summed E-state index contributed by atoms with van der Waals surface area (Å²) >= 11 is 0. The average molecular weight is 664 g/mol.